The standard InChI is InChI=1S/C17H22N4O4S/c1-13-15(23-11-19-13)16(22)21-4-6-25-17(10-21)9-20(3-2-5-24-17)8-14-7-18-12-26-14/h7,11-12H,2-6,8-10H2,1H3. The minimum Gasteiger partial charge on any atom is -0.438 e. The van der Waals surface area contributed by atoms with Crippen molar-refractivity contribution in [3.8, 4) is 0 Å². The van der Waals surface area contributed by atoms with Crippen LogP contribution in [0.15, 0.2) is 22.5 Å². The number of aromatic nitrogens is 2. The molecular formula is C17H22N4O4S. The monoisotopic (exact) mass is 378 g/mol. The lowest BCUT2D eigenvalue weighted by Crippen LogP contribution is -2.59. The summed E-state index contributed by atoms with van der Waals surface area (Å²) < 4.78 is 17.4. The van der Waals surface area contributed by atoms with E-state index in [2.05, 4.69) is 14.9 Å². The van der Waals surface area contributed by atoms with E-state index in [-0.39, 0.29) is 11.7 Å². The second kappa shape index (κ2) is 7.43. The van der Waals surface area contributed by atoms with Crippen LogP contribution in [-0.2, 0) is 16.0 Å². The molecule has 1 spiro atoms. The van der Waals surface area contributed by atoms with E-state index in [0.717, 1.165) is 19.5 Å². The van der Waals surface area contributed by atoms with Crippen LogP contribution in [0.4, 0.5) is 0 Å². The summed E-state index contributed by atoms with van der Waals surface area (Å²) in [5, 5.41) is 0. The molecule has 2 aliphatic rings. The van der Waals surface area contributed by atoms with E-state index in [4.69, 9.17) is 13.9 Å². The van der Waals surface area contributed by atoms with Crippen molar-refractivity contribution in [1.29, 1.82) is 0 Å². The number of ether oxygens (including phenoxy) is 2. The van der Waals surface area contributed by atoms with Gasteiger partial charge in [0.25, 0.3) is 5.91 Å². The van der Waals surface area contributed by atoms with E-state index >= 15 is 0 Å². The predicted molar refractivity (Wildman–Crippen MR) is 93.8 cm³/mol. The van der Waals surface area contributed by atoms with Gasteiger partial charge in [-0.05, 0) is 13.3 Å². The van der Waals surface area contributed by atoms with Crippen molar-refractivity contribution in [2.75, 3.05) is 39.4 Å². The Labute approximate surface area is 155 Å². The molecule has 2 aromatic heterocycles. The molecule has 0 N–H and O–H groups in total. The zero-order valence-electron chi connectivity index (χ0n) is 14.7. The molecule has 0 aromatic carbocycles. The summed E-state index contributed by atoms with van der Waals surface area (Å²) in [6.07, 6.45) is 4.13. The number of carbonyl (C=O) groups is 1. The van der Waals surface area contributed by atoms with Crippen molar-refractivity contribution in [3.05, 3.63) is 34.4 Å². The molecular weight excluding hydrogens is 356 g/mol. The van der Waals surface area contributed by atoms with E-state index < -0.39 is 5.79 Å². The van der Waals surface area contributed by atoms with Crippen molar-refractivity contribution >= 4 is 17.2 Å². The first-order chi connectivity index (χ1) is 12.7. The second-order valence-electron chi connectivity index (χ2n) is 6.63. The Morgan fingerprint density at radius 1 is 1.31 bits per heavy atom. The smallest absolute Gasteiger partial charge is 0.291 e. The molecule has 0 bridgehead atoms. The topological polar surface area (TPSA) is 80.9 Å². The van der Waals surface area contributed by atoms with Crippen LogP contribution < -0.4 is 0 Å². The Bertz CT molecular complexity index is 750. The van der Waals surface area contributed by atoms with Crippen LogP contribution in [0.25, 0.3) is 0 Å². The van der Waals surface area contributed by atoms with Gasteiger partial charge in [-0.15, -0.1) is 11.3 Å². The third-order valence-corrected chi connectivity index (χ3v) is 5.46. The molecule has 2 fully saturated rings. The Kier molecular flexibility index (Phi) is 5.03. The maximum Gasteiger partial charge on any atom is 0.291 e. The average Bonchev–Trinajstić information content (AvgIpc) is 3.26. The SMILES string of the molecule is Cc1ncoc1C(=O)N1CCOC2(CN(Cc3cncs3)CCCO2)C1. The highest BCUT2D eigenvalue weighted by Gasteiger charge is 2.43. The Balaban J connectivity index is 1.48. The fourth-order valence-electron chi connectivity index (χ4n) is 3.45. The maximum absolute atomic E-state index is 12.8. The van der Waals surface area contributed by atoms with Gasteiger partial charge in [-0.25, -0.2) is 4.98 Å². The number of rotatable bonds is 3. The average molecular weight is 378 g/mol. The molecule has 8 nitrogen and oxygen atoms in total. The van der Waals surface area contributed by atoms with Crippen LogP contribution in [0, 0.1) is 6.92 Å². The minimum absolute atomic E-state index is 0.162. The molecule has 1 amide bonds. The largest absolute Gasteiger partial charge is 0.438 e. The van der Waals surface area contributed by atoms with Crippen LogP contribution >= 0.6 is 11.3 Å². The molecule has 0 radical (unpaired) electrons. The first-order valence-electron chi connectivity index (χ1n) is 8.72. The fourth-order valence-corrected chi connectivity index (χ4v) is 4.09. The highest BCUT2D eigenvalue weighted by Crippen LogP contribution is 2.27. The second-order valence-corrected chi connectivity index (χ2v) is 7.60. The lowest BCUT2D eigenvalue weighted by atomic mass is 10.1. The highest BCUT2D eigenvalue weighted by molar-refractivity contribution is 7.09. The van der Waals surface area contributed by atoms with Crippen molar-refractivity contribution in [2.24, 2.45) is 0 Å². The number of hydrogen-bond donors (Lipinski definition) is 0. The van der Waals surface area contributed by atoms with Crippen molar-refractivity contribution in [3.63, 3.8) is 0 Å². The van der Waals surface area contributed by atoms with Gasteiger partial charge >= 0.3 is 0 Å². The molecule has 140 valence electrons. The number of thiazole rings is 1. The molecule has 9 heteroatoms. The van der Waals surface area contributed by atoms with E-state index in [1.165, 1.54) is 11.3 Å². The van der Waals surface area contributed by atoms with Gasteiger partial charge in [-0.2, -0.15) is 0 Å². The number of carbonyl (C=O) groups excluding carboxylic acids is 1. The summed E-state index contributed by atoms with van der Waals surface area (Å²) in [6, 6.07) is 0. The Morgan fingerprint density at radius 3 is 2.96 bits per heavy atom. The highest BCUT2D eigenvalue weighted by atomic mass is 32.1. The van der Waals surface area contributed by atoms with Gasteiger partial charge in [0.1, 0.15) is 0 Å². The van der Waals surface area contributed by atoms with Gasteiger partial charge in [0.2, 0.25) is 5.76 Å². The maximum atomic E-state index is 12.8. The zero-order chi connectivity index (χ0) is 18.0. The normalized spacial score (nSPS) is 24.7. The minimum atomic E-state index is -0.803. The lowest BCUT2D eigenvalue weighted by molar-refractivity contribution is -0.261. The first kappa shape index (κ1) is 17.6. The summed E-state index contributed by atoms with van der Waals surface area (Å²) in [5.74, 6) is -0.676. The van der Waals surface area contributed by atoms with Gasteiger partial charge in [0.05, 0.1) is 37.5 Å². The van der Waals surface area contributed by atoms with Gasteiger partial charge in [-0.3, -0.25) is 14.7 Å². The van der Waals surface area contributed by atoms with E-state index in [9.17, 15) is 4.79 Å². The molecule has 2 aliphatic heterocycles. The van der Waals surface area contributed by atoms with Gasteiger partial charge < -0.3 is 18.8 Å². The summed E-state index contributed by atoms with van der Waals surface area (Å²) in [4.78, 5) is 26.2. The Hall–Kier alpha value is -1.81. The number of nitrogens with zero attached hydrogens (tertiary/aromatic N) is 4. The van der Waals surface area contributed by atoms with Crippen LogP contribution in [0.2, 0.25) is 0 Å². The van der Waals surface area contributed by atoms with Gasteiger partial charge in [-0.1, -0.05) is 0 Å². The third kappa shape index (κ3) is 3.66. The van der Waals surface area contributed by atoms with Gasteiger partial charge in [0.15, 0.2) is 12.2 Å². The number of aryl methyl sites for hydroxylation is 1. The molecule has 0 aliphatic carbocycles. The van der Waals surface area contributed by atoms with Crippen LogP contribution in [0.5, 0.6) is 0 Å². The lowest BCUT2D eigenvalue weighted by Gasteiger charge is -2.42. The summed E-state index contributed by atoms with van der Waals surface area (Å²) in [7, 11) is 0. The van der Waals surface area contributed by atoms with Crippen LogP contribution in [0.1, 0.15) is 27.5 Å². The molecule has 1 unspecified atom stereocenters. The third-order valence-electron chi connectivity index (χ3n) is 4.70. The number of morpholine rings is 1. The number of oxazole rings is 1. The zero-order valence-corrected chi connectivity index (χ0v) is 15.5. The van der Waals surface area contributed by atoms with E-state index in [1.54, 1.807) is 23.2 Å². The molecule has 4 rings (SSSR count). The van der Waals surface area contributed by atoms with E-state index in [1.807, 2.05) is 11.7 Å². The molecule has 4 heterocycles. The molecule has 1 atom stereocenters. The first-order valence-corrected chi connectivity index (χ1v) is 9.60. The van der Waals surface area contributed by atoms with Crippen molar-refractivity contribution in [1.82, 2.24) is 19.8 Å². The fraction of sp³-hybridized carbons (Fsp3) is 0.588. The van der Waals surface area contributed by atoms with Gasteiger partial charge in [0, 0.05) is 30.7 Å². The van der Waals surface area contributed by atoms with Crippen molar-refractivity contribution < 1.29 is 18.7 Å². The number of hydrogen-bond acceptors (Lipinski definition) is 8. The quantitative estimate of drug-likeness (QED) is 0.801. The molecule has 0 saturated carbocycles. The summed E-state index contributed by atoms with van der Waals surface area (Å²) in [5.41, 5.74) is 2.44. The van der Waals surface area contributed by atoms with Crippen LogP contribution in [-0.4, -0.2) is 70.9 Å². The van der Waals surface area contributed by atoms with E-state index in [0.29, 0.717) is 38.5 Å². The van der Waals surface area contributed by atoms with Crippen molar-refractivity contribution in [2.45, 2.75) is 25.7 Å². The predicted octanol–water partition coefficient (Wildman–Crippen LogP) is 1.53. The summed E-state index contributed by atoms with van der Waals surface area (Å²) in [6.45, 7) is 6.07. The molecule has 2 aromatic rings. The Morgan fingerprint density at radius 2 is 2.19 bits per heavy atom. The molecule has 26 heavy (non-hydrogen) atoms. The number of amides is 1. The molecule has 2 saturated heterocycles. The van der Waals surface area contributed by atoms with Crippen LogP contribution in [0.3, 0.4) is 0 Å². The summed E-state index contributed by atoms with van der Waals surface area (Å²) >= 11 is 1.65.